The van der Waals surface area contributed by atoms with Crippen LogP contribution in [0.25, 0.3) is 5.82 Å². The Morgan fingerprint density at radius 1 is 1.03 bits per heavy atom. The molecular weight excluding hydrogens is 496 g/mol. The van der Waals surface area contributed by atoms with Crippen LogP contribution < -0.4 is 19.7 Å². The number of thiocarbonyl (C=S) groups is 1. The summed E-state index contributed by atoms with van der Waals surface area (Å²) in [6, 6.07) is 20.2. The molecule has 1 aliphatic rings. The van der Waals surface area contributed by atoms with Crippen LogP contribution in [0.1, 0.15) is 23.5 Å². The maximum atomic E-state index is 11.8. The first-order chi connectivity index (χ1) is 17.4. The molecule has 1 aliphatic heterocycles. The average molecular weight is 521 g/mol. The van der Waals surface area contributed by atoms with E-state index in [0.29, 0.717) is 16.5 Å². The molecule has 4 heterocycles. The second-order valence-electron chi connectivity index (χ2n) is 8.25. The molecule has 1 saturated heterocycles. The van der Waals surface area contributed by atoms with Crippen LogP contribution >= 0.6 is 12.2 Å². The molecular formula is C25H24N6O3S2. The number of rotatable bonds is 7. The van der Waals surface area contributed by atoms with E-state index in [2.05, 4.69) is 20.0 Å². The predicted molar refractivity (Wildman–Crippen MR) is 143 cm³/mol. The lowest BCUT2D eigenvalue weighted by Gasteiger charge is -2.29. The molecule has 11 heteroatoms. The van der Waals surface area contributed by atoms with Crippen LogP contribution in [0.3, 0.4) is 0 Å². The number of benzene rings is 1. The molecule has 4 aromatic rings. The SMILES string of the molecule is COc1cc(N2C(=S)N[C@H](c3ccccn3)[C@@H]2c2cccn2-c2ccccn2)ccc1NS(C)(=O)=O. The molecule has 2 atom stereocenters. The molecule has 3 aromatic heterocycles. The Morgan fingerprint density at radius 2 is 1.81 bits per heavy atom. The molecule has 0 bridgehead atoms. The van der Waals surface area contributed by atoms with Gasteiger partial charge in [0.25, 0.3) is 0 Å². The molecule has 0 spiro atoms. The van der Waals surface area contributed by atoms with Crippen molar-refractivity contribution in [2.45, 2.75) is 12.1 Å². The van der Waals surface area contributed by atoms with Crippen molar-refractivity contribution >= 4 is 38.7 Å². The molecule has 0 aliphatic carbocycles. The maximum Gasteiger partial charge on any atom is 0.229 e. The second-order valence-corrected chi connectivity index (χ2v) is 10.4. The van der Waals surface area contributed by atoms with Crippen molar-refractivity contribution in [1.82, 2.24) is 19.9 Å². The highest BCUT2D eigenvalue weighted by atomic mass is 32.2. The minimum atomic E-state index is -3.48. The molecule has 0 amide bonds. The lowest BCUT2D eigenvalue weighted by atomic mass is 10.0. The standard InChI is InChI=1S/C25H24N6O3S2/c1-34-21-16-17(11-12-18(21)29-36(2,32)33)31-24(23(28-25(31)35)19-8-3-5-13-26-19)20-9-7-15-30(20)22-10-4-6-14-27-22/h3-16,23-24,29H,1-2H3,(H,28,35)/t23-,24+/m1/s1. The molecule has 9 nitrogen and oxygen atoms in total. The van der Waals surface area contributed by atoms with Gasteiger partial charge >= 0.3 is 0 Å². The molecule has 0 radical (unpaired) electrons. The molecule has 0 unspecified atom stereocenters. The summed E-state index contributed by atoms with van der Waals surface area (Å²) in [5.41, 5.74) is 2.87. The highest BCUT2D eigenvalue weighted by Gasteiger charge is 2.42. The van der Waals surface area contributed by atoms with Crippen LogP contribution in [0.4, 0.5) is 11.4 Å². The number of nitrogens with zero attached hydrogens (tertiary/aromatic N) is 4. The fourth-order valence-corrected chi connectivity index (χ4v) is 5.30. The van der Waals surface area contributed by atoms with Gasteiger partial charge in [0, 0.05) is 36.0 Å². The van der Waals surface area contributed by atoms with Gasteiger partial charge in [-0.2, -0.15) is 0 Å². The molecule has 5 rings (SSSR count). The van der Waals surface area contributed by atoms with Gasteiger partial charge in [-0.05, 0) is 60.7 Å². The van der Waals surface area contributed by atoms with E-state index in [1.54, 1.807) is 24.5 Å². The summed E-state index contributed by atoms with van der Waals surface area (Å²) >= 11 is 5.82. The summed E-state index contributed by atoms with van der Waals surface area (Å²) in [5.74, 6) is 1.15. The number of hydrogen-bond donors (Lipinski definition) is 2. The smallest absolute Gasteiger partial charge is 0.229 e. The van der Waals surface area contributed by atoms with Crippen molar-refractivity contribution in [3.05, 3.63) is 96.7 Å². The Morgan fingerprint density at radius 3 is 2.47 bits per heavy atom. The zero-order valence-electron chi connectivity index (χ0n) is 19.6. The maximum absolute atomic E-state index is 11.8. The summed E-state index contributed by atoms with van der Waals surface area (Å²) in [7, 11) is -1.99. The van der Waals surface area contributed by atoms with Gasteiger partial charge in [-0.15, -0.1) is 0 Å². The third-order valence-electron chi connectivity index (χ3n) is 5.84. The zero-order chi connectivity index (χ0) is 25.3. The highest BCUT2D eigenvalue weighted by molar-refractivity contribution is 7.92. The van der Waals surface area contributed by atoms with Gasteiger partial charge in [-0.1, -0.05) is 12.1 Å². The minimum Gasteiger partial charge on any atom is -0.494 e. The molecule has 2 N–H and O–H groups in total. The number of anilines is 2. The number of pyridine rings is 2. The van der Waals surface area contributed by atoms with Crippen molar-refractivity contribution in [3.8, 4) is 11.6 Å². The van der Waals surface area contributed by atoms with Crippen LogP contribution in [0.5, 0.6) is 5.75 Å². The topological polar surface area (TPSA) is 101 Å². The number of aromatic nitrogens is 3. The number of ether oxygens (including phenoxy) is 1. The summed E-state index contributed by atoms with van der Waals surface area (Å²) in [4.78, 5) is 11.1. The van der Waals surface area contributed by atoms with Gasteiger partial charge in [-0.3, -0.25) is 9.71 Å². The second kappa shape index (κ2) is 9.59. The van der Waals surface area contributed by atoms with E-state index < -0.39 is 10.0 Å². The van der Waals surface area contributed by atoms with Crippen molar-refractivity contribution < 1.29 is 13.2 Å². The molecule has 0 saturated carbocycles. The van der Waals surface area contributed by atoms with E-state index in [1.807, 2.05) is 70.3 Å². The lowest BCUT2D eigenvalue weighted by molar-refractivity contribution is 0.417. The Bertz CT molecular complexity index is 1490. The normalized spacial score (nSPS) is 17.6. The van der Waals surface area contributed by atoms with E-state index in [4.69, 9.17) is 17.0 Å². The monoisotopic (exact) mass is 520 g/mol. The van der Waals surface area contributed by atoms with Crippen molar-refractivity contribution in [2.24, 2.45) is 0 Å². The van der Waals surface area contributed by atoms with Crippen LogP contribution in [-0.2, 0) is 10.0 Å². The molecule has 184 valence electrons. The lowest BCUT2D eigenvalue weighted by Crippen LogP contribution is -2.30. The Labute approximate surface area is 214 Å². The summed E-state index contributed by atoms with van der Waals surface area (Å²) in [5, 5.41) is 3.94. The number of nitrogens with one attached hydrogen (secondary N) is 2. The first-order valence-corrected chi connectivity index (χ1v) is 13.4. The minimum absolute atomic E-state index is 0.254. The van der Waals surface area contributed by atoms with Crippen molar-refractivity contribution in [2.75, 3.05) is 23.0 Å². The average Bonchev–Trinajstić information content (AvgIpc) is 3.49. The molecule has 1 aromatic carbocycles. The number of sulfonamides is 1. The van der Waals surface area contributed by atoms with Gasteiger partial charge in [0.15, 0.2) is 5.11 Å². The predicted octanol–water partition coefficient (Wildman–Crippen LogP) is 3.82. The van der Waals surface area contributed by atoms with Crippen molar-refractivity contribution in [1.29, 1.82) is 0 Å². The quantitative estimate of drug-likeness (QED) is 0.355. The summed E-state index contributed by atoms with van der Waals surface area (Å²) in [6.45, 7) is 0. The summed E-state index contributed by atoms with van der Waals surface area (Å²) < 4.78 is 33.7. The molecule has 1 fully saturated rings. The van der Waals surface area contributed by atoms with E-state index in [1.165, 1.54) is 7.11 Å². The number of methoxy groups -OCH3 is 1. The third-order valence-corrected chi connectivity index (χ3v) is 6.74. The third kappa shape index (κ3) is 4.62. The van der Waals surface area contributed by atoms with Crippen LogP contribution in [0.15, 0.2) is 85.3 Å². The first-order valence-electron chi connectivity index (χ1n) is 11.1. The molecule has 36 heavy (non-hydrogen) atoms. The van der Waals surface area contributed by atoms with Crippen LogP contribution in [0, 0.1) is 0 Å². The summed E-state index contributed by atoms with van der Waals surface area (Å²) in [6.07, 6.45) is 6.57. The van der Waals surface area contributed by atoms with Crippen LogP contribution in [0.2, 0.25) is 0 Å². The zero-order valence-corrected chi connectivity index (χ0v) is 21.2. The Hall–Kier alpha value is -3.96. The largest absolute Gasteiger partial charge is 0.494 e. The van der Waals surface area contributed by atoms with E-state index in [9.17, 15) is 8.42 Å². The fraction of sp³-hybridized carbons (Fsp3) is 0.160. The van der Waals surface area contributed by atoms with E-state index in [0.717, 1.165) is 29.1 Å². The van der Waals surface area contributed by atoms with Gasteiger partial charge in [0.1, 0.15) is 17.6 Å². The van der Waals surface area contributed by atoms with Gasteiger partial charge < -0.3 is 19.5 Å². The Balaban J connectivity index is 1.64. The van der Waals surface area contributed by atoms with Crippen molar-refractivity contribution in [3.63, 3.8) is 0 Å². The van der Waals surface area contributed by atoms with E-state index >= 15 is 0 Å². The van der Waals surface area contributed by atoms with Gasteiger partial charge in [0.2, 0.25) is 10.0 Å². The fourth-order valence-electron chi connectivity index (χ4n) is 4.39. The van der Waals surface area contributed by atoms with E-state index in [-0.39, 0.29) is 12.1 Å². The number of hydrogen-bond acceptors (Lipinski definition) is 6. The highest BCUT2D eigenvalue weighted by Crippen LogP contribution is 2.43. The van der Waals surface area contributed by atoms with Gasteiger partial charge in [0.05, 0.1) is 30.8 Å². The Kier molecular flexibility index (Phi) is 6.33. The van der Waals surface area contributed by atoms with Crippen LogP contribution in [-0.4, -0.2) is 41.4 Å². The van der Waals surface area contributed by atoms with Gasteiger partial charge in [-0.25, -0.2) is 13.4 Å². The first kappa shape index (κ1) is 23.8.